The smallest absolute Gasteiger partial charge is 0.338 e. The predicted molar refractivity (Wildman–Crippen MR) is 120 cm³/mol. The van der Waals surface area contributed by atoms with E-state index >= 15 is 0 Å². The van der Waals surface area contributed by atoms with Crippen molar-refractivity contribution < 1.29 is 22.8 Å². The Hall–Kier alpha value is -2.10. The van der Waals surface area contributed by atoms with Crippen molar-refractivity contribution in [2.24, 2.45) is 5.92 Å². The number of rotatable bonds is 6. The van der Waals surface area contributed by atoms with Gasteiger partial charge in [-0.1, -0.05) is 26.0 Å². The van der Waals surface area contributed by atoms with Gasteiger partial charge in [-0.3, -0.25) is 14.5 Å². The molecule has 2 atom stereocenters. The second-order valence-electron chi connectivity index (χ2n) is 7.95. The van der Waals surface area contributed by atoms with Gasteiger partial charge in [0, 0.05) is 36.2 Å². The largest absolute Gasteiger partial charge is 0.416 e. The number of piperazine rings is 1. The first-order valence-corrected chi connectivity index (χ1v) is 11.7. The van der Waals surface area contributed by atoms with E-state index in [1.807, 2.05) is 13.8 Å². The molecule has 174 valence electrons. The second kappa shape index (κ2) is 10.2. The molecular formula is C22H25ClF3N3O2S. The fraction of sp³-hybridized carbons (Fsp3) is 0.455. The molecule has 0 bridgehead atoms. The molecule has 5 nitrogen and oxygen atoms in total. The van der Waals surface area contributed by atoms with Crippen LogP contribution in [0.15, 0.2) is 41.8 Å². The van der Waals surface area contributed by atoms with E-state index in [9.17, 15) is 22.8 Å². The van der Waals surface area contributed by atoms with Gasteiger partial charge in [0.1, 0.15) is 11.9 Å². The fourth-order valence-electron chi connectivity index (χ4n) is 3.74. The van der Waals surface area contributed by atoms with E-state index in [0.717, 1.165) is 17.0 Å². The van der Waals surface area contributed by atoms with E-state index in [-0.39, 0.29) is 23.6 Å². The van der Waals surface area contributed by atoms with Crippen LogP contribution in [0.25, 0.3) is 0 Å². The highest BCUT2D eigenvalue weighted by molar-refractivity contribution is 7.10. The SMILES string of the molecule is CC(C)C1CN(C(=O)C(c2cccs2)N(C(=O)CCl)c2cccc(C(F)(F)F)c2)CCN1. The zero-order chi connectivity index (χ0) is 23.5. The third kappa shape index (κ3) is 5.44. The van der Waals surface area contributed by atoms with Gasteiger partial charge in [-0.05, 0) is 35.6 Å². The van der Waals surface area contributed by atoms with E-state index in [4.69, 9.17) is 11.6 Å². The topological polar surface area (TPSA) is 52.7 Å². The third-order valence-corrected chi connectivity index (χ3v) is 6.61. The number of amides is 2. The Labute approximate surface area is 194 Å². The molecule has 10 heteroatoms. The Bertz CT molecular complexity index is 937. The third-order valence-electron chi connectivity index (χ3n) is 5.46. The number of anilines is 1. The van der Waals surface area contributed by atoms with Crippen molar-refractivity contribution >= 4 is 40.4 Å². The minimum absolute atomic E-state index is 0.0206. The van der Waals surface area contributed by atoms with Gasteiger partial charge >= 0.3 is 6.18 Å². The van der Waals surface area contributed by atoms with Crippen molar-refractivity contribution in [3.05, 3.63) is 52.2 Å². The van der Waals surface area contributed by atoms with Crippen LogP contribution in [0.3, 0.4) is 0 Å². The van der Waals surface area contributed by atoms with Crippen LogP contribution in [0.2, 0.25) is 0 Å². The minimum atomic E-state index is -4.59. The van der Waals surface area contributed by atoms with Crippen molar-refractivity contribution in [3.8, 4) is 0 Å². The summed E-state index contributed by atoms with van der Waals surface area (Å²) < 4.78 is 40.0. The minimum Gasteiger partial charge on any atom is -0.338 e. The Morgan fingerprint density at radius 2 is 2.03 bits per heavy atom. The maximum absolute atomic E-state index is 13.7. The number of halogens is 4. The molecular weight excluding hydrogens is 463 g/mol. The maximum Gasteiger partial charge on any atom is 0.416 e. The first-order chi connectivity index (χ1) is 15.1. The lowest BCUT2D eigenvalue weighted by atomic mass is 10.0. The summed E-state index contributed by atoms with van der Waals surface area (Å²) in [5.74, 6) is -1.17. The van der Waals surface area contributed by atoms with E-state index in [2.05, 4.69) is 5.32 Å². The van der Waals surface area contributed by atoms with Crippen LogP contribution < -0.4 is 10.2 Å². The first-order valence-electron chi connectivity index (χ1n) is 10.2. The lowest BCUT2D eigenvalue weighted by Gasteiger charge is -2.39. The molecule has 2 unspecified atom stereocenters. The lowest BCUT2D eigenvalue weighted by molar-refractivity contribution is -0.137. The zero-order valence-corrected chi connectivity index (χ0v) is 19.3. The summed E-state index contributed by atoms with van der Waals surface area (Å²) in [5, 5.41) is 5.14. The Balaban J connectivity index is 2.05. The number of benzene rings is 1. The summed E-state index contributed by atoms with van der Waals surface area (Å²) in [4.78, 5) is 30.0. The molecule has 1 aliphatic heterocycles. The molecule has 0 spiro atoms. The van der Waals surface area contributed by atoms with Gasteiger partial charge in [0.25, 0.3) is 5.91 Å². The normalized spacial score (nSPS) is 18.0. The first kappa shape index (κ1) is 24.5. The predicted octanol–water partition coefficient (Wildman–Crippen LogP) is 4.54. The monoisotopic (exact) mass is 487 g/mol. The summed E-state index contributed by atoms with van der Waals surface area (Å²) in [6.07, 6.45) is -4.59. The molecule has 32 heavy (non-hydrogen) atoms. The Kier molecular flexibility index (Phi) is 7.84. The van der Waals surface area contributed by atoms with Crippen molar-refractivity contribution in [3.63, 3.8) is 0 Å². The zero-order valence-electron chi connectivity index (χ0n) is 17.7. The molecule has 1 aliphatic rings. The highest BCUT2D eigenvalue weighted by Crippen LogP contribution is 2.36. The standard InChI is InChI=1S/C22H25ClF3N3O2S/c1-14(2)17-13-28(9-8-27-17)21(31)20(18-7-4-10-32-18)29(19(30)12-23)16-6-3-5-15(11-16)22(24,25)26/h3-7,10-11,14,17,20,27H,8-9,12-13H2,1-2H3. The van der Waals surface area contributed by atoms with E-state index in [1.54, 1.807) is 22.4 Å². The van der Waals surface area contributed by atoms with Gasteiger partial charge in [0.15, 0.2) is 0 Å². The number of alkyl halides is 4. The van der Waals surface area contributed by atoms with Gasteiger partial charge in [-0.15, -0.1) is 22.9 Å². The van der Waals surface area contributed by atoms with Gasteiger partial charge in [-0.25, -0.2) is 0 Å². The van der Waals surface area contributed by atoms with Crippen molar-refractivity contribution in [2.45, 2.75) is 32.1 Å². The van der Waals surface area contributed by atoms with Crippen LogP contribution in [0.5, 0.6) is 0 Å². The quantitative estimate of drug-likeness (QED) is 0.609. The summed E-state index contributed by atoms with van der Waals surface area (Å²) in [5.41, 5.74) is -0.922. The van der Waals surface area contributed by atoms with Crippen LogP contribution in [0.1, 0.15) is 30.3 Å². The van der Waals surface area contributed by atoms with Gasteiger partial charge in [0.05, 0.1) is 5.56 Å². The number of nitrogens with one attached hydrogen (secondary N) is 1. The van der Waals surface area contributed by atoms with E-state index in [1.165, 1.54) is 23.5 Å². The number of carbonyl (C=O) groups excluding carboxylic acids is 2. The van der Waals surface area contributed by atoms with Crippen molar-refractivity contribution in [2.75, 3.05) is 30.4 Å². The van der Waals surface area contributed by atoms with Crippen LogP contribution in [0, 0.1) is 5.92 Å². The fourth-order valence-corrected chi connectivity index (χ4v) is 4.67. The molecule has 1 aromatic heterocycles. The molecule has 2 amide bonds. The average molecular weight is 488 g/mol. The number of nitrogens with zero attached hydrogens (tertiary/aromatic N) is 2. The highest BCUT2D eigenvalue weighted by Gasteiger charge is 2.39. The van der Waals surface area contributed by atoms with E-state index in [0.29, 0.717) is 24.5 Å². The average Bonchev–Trinajstić information content (AvgIpc) is 3.30. The van der Waals surface area contributed by atoms with Gasteiger partial charge in [0.2, 0.25) is 5.91 Å². The number of hydrogen-bond acceptors (Lipinski definition) is 4. The Morgan fingerprint density at radius 3 is 2.62 bits per heavy atom. The highest BCUT2D eigenvalue weighted by atomic mass is 35.5. The van der Waals surface area contributed by atoms with Crippen LogP contribution in [0.4, 0.5) is 18.9 Å². The molecule has 1 fully saturated rings. The molecule has 1 N–H and O–H groups in total. The second-order valence-corrected chi connectivity index (χ2v) is 9.20. The number of hydrogen-bond donors (Lipinski definition) is 1. The number of thiophene rings is 1. The molecule has 2 heterocycles. The maximum atomic E-state index is 13.7. The summed E-state index contributed by atoms with van der Waals surface area (Å²) in [6.45, 7) is 5.58. The lowest BCUT2D eigenvalue weighted by Crippen LogP contribution is -2.57. The van der Waals surface area contributed by atoms with Crippen molar-refractivity contribution in [1.82, 2.24) is 10.2 Å². The molecule has 1 saturated heterocycles. The van der Waals surface area contributed by atoms with Crippen LogP contribution >= 0.6 is 22.9 Å². The summed E-state index contributed by atoms with van der Waals surface area (Å²) >= 11 is 7.11. The molecule has 2 aromatic rings. The van der Waals surface area contributed by atoms with Gasteiger partial charge in [-0.2, -0.15) is 13.2 Å². The van der Waals surface area contributed by atoms with Crippen molar-refractivity contribution in [1.29, 1.82) is 0 Å². The molecule has 0 saturated carbocycles. The number of carbonyl (C=O) groups is 2. The Morgan fingerprint density at radius 1 is 1.28 bits per heavy atom. The molecule has 0 radical (unpaired) electrons. The summed E-state index contributed by atoms with van der Waals surface area (Å²) in [7, 11) is 0. The molecule has 3 rings (SSSR count). The van der Waals surface area contributed by atoms with Gasteiger partial charge < -0.3 is 10.2 Å². The van der Waals surface area contributed by atoms with Crippen LogP contribution in [-0.2, 0) is 15.8 Å². The van der Waals surface area contributed by atoms with Crippen LogP contribution in [-0.4, -0.2) is 48.3 Å². The van der Waals surface area contributed by atoms with E-state index < -0.39 is 29.6 Å². The summed E-state index contributed by atoms with van der Waals surface area (Å²) in [6, 6.07) is 6.86. The molecule has 1 aromatic carbocycles. The molecule has 0 aliphatic carbocycles.